The van der Waals surface area contributed by atoms with Gasteiger partial charge in [0, 0.05) is 6.61 Å². The quantitative estimate of drug-likeness (QED) is 0.0613. The van der Waals surface area contributed by atoms with Gasteiger partial charge in [0.1, 0.15) is 6.61 Å². The van der Waals surface area contributed by atoms with Crippen molar-refractivity contribution in [3.8, 4) is 0 Å². The third-order valence-corrected chi connectivity index (χ3v) is 6.83. The van der Waals surface area contributed by atoms with Gasteiger partial charge in [-0.15, -0.1) is 0 Å². The SMILES string of the molecule is C=COCCOCCOCCOCCOCCOCCOCCOCCOCCOCCOCCOCCCCCCCCCCCC. The first-order valence-corrected chi connectivity index (χ1v) is 18.5. The third-order valence-electron chi connectivity index (χ3n) is 6.83. The van der Waals surface area contributed by atoms with Crippen LogP contribution in [0.4, 0.5) is 0 Å². The van der Waals surface area contributed by atoms with E-state index in [1.165, 1.54) is 64.0 Å². The van der Waals surface area contributed by atoms with Gasteiger partial charge >= 0.3 is 0 Å². The van der Waals surface area contributed by atoms with E-state index in [0.29, 0.717) is 145 Å². The maximum Gasteiger partial charge on any atom is 0.111 e. The van der Waals surface area contributed by atoms with Gasteiger partial charge in [-0.2, -0.15) is 0 Å². The first-order valence-electron chi connectivity index (χ1n) is 18.5. The molecule has 0 fully saturated rings. The average Bonchev–Trinajstić information content (AvgIpc) is 3.10. The van der Waals surface area contributed by atoms with Gasteiger partial charge in [0.2, 0.25) is 0 Å². The minimum Gasteiger partial charge on any atom is -0.499 e. The molecule has 0 aliphatic carbocycles. The lowest BCUT2D eigenvalue weighted by molar-refractivity contribution is -0.0279. The standard InChI is InChI=1S/C36H72O12/c1-3-5-6-7-8-9-10-11-12-13-14-38-17-18-40-21-22-42-25-26-44-29-30-46-33-34-48-36-35-47-32-31-45-28-27-43-24-23-41-20-19-39-16-15-37-4-2/h4H,2-3,5-36H2,1H3. The maximum absolute atomic E-state index is 5.65. The van der Waals surface area contributed by atoms with Crippen molar-refractivity contribution in [2.24, 2.45) is 0 Å². The zero-order valence-corrected chi connectivity index (χ0v) is 30.5. The second kappa shape index (κ2) is 46.1. The van der Waals surface area contributed by atoms with Gasteiger partial charge in [-0.3, -0.25) is 0 Å². The molecule has 0 aliphatic rings. The van der Waals surface area contributed by atoms with E-state index in [-0.39, 0.29) is 0 Å². The highest BCUT2D eigenvalue weighted by Gasteiger charge is 1.97. The van der Waals surface area contributed by atoms with Crippen molar-refractivity contribution in [1.82, 2.24) is 0 Å². The lowest BCUT2D eigenvalue weighted by atomic mass is 10.1. The highest BCUT2D eigenvalue weighted by atomic mass is 16.6. The Hall–Kier alpha value is -0.900. The molecule has 0 aromatic carbocycles. The van der Waals surface area contributed by atoms with Crippen LogP contribution in [0.2, 0.25) is 0 Å². The molecule has 48 heavy (non-hydrogen) atoms. The minimum atomic E-state index is 0.504. The van der Waals surface area contributed by atoms with Crippen molar-refractivity contribution >= 4 is 0 Å². The fourth-order valence-corrected chi connectivity index (χ4v) is 4.18. The van der Waals surface area contributed by atoms with Crippen LogP contribution < -0.4 is 0 Å². The molecule has 0 aliphatic heterocycles. The van der Waals surface area contributed by atoms with Gasteiger partial charge in [0.15, 0.2) is 0 Å². The first-order chi connectivity index (χ1) is 23.9. The van der Waals surface area contributed by atoms with Gasteiger partial charge in [-0.1, -0.05) is 71.3 Å². The van der Waals surface area contributed by atoms with Gasteiger partial charge in [0.25, 0.3) is 0 Å². The minimum absolute atomic E-state index is 0.504. The molecule has 0 amide bonds. The molecular formula is C36H72O12. The maximum atomic E-state index is 5.65. The summed E-state index contributed by atoms with van der Waals surface area (Å²) in [5.41, 5.74) is 0. The summed E-state index contributed by atoms with van der Waals surface area (Å²) in [6, 6.07) is 0. The lowest BCUT2D eigenvalue weighted by Gasteiger charge is -2.09. The van der Waals surface area contributed by atoms with Crippen LogP contribution in [-0.4, -0.2) is 152 Å². The Morgan fingerprint density at radius 3 is 0.729 bits per heavy atom. The fourth-order valence-electron chi connectivity index (χ4n) is 4.18. The molecule has 0 atom stereocenters. The average molecular weight is 697 g/mol. The summed E-state index contributed by atoms with van der Waals surface area (Å²) in [5, 5.41) is 0. The monoisotopic (exact) mass is 697 g/mol. The van der Waals surface area contributed by atoms with Crippen molar-refractivity contribution in [2.45, 2.75) is 71.1 Å². The van der Waals surface area contributed by atoms with Crippen LogP contribution in [0.5, 0.6) is 0 Å². The number of hydrogen-bond donors (Lipinski definition) is 0. The van der Waals surface area contributed by atoms with E-state index in [9.17, 15) is 0 Å². The smallest absolute Gasteiger partial charge is 0.111 e. The van der Waals surface area contributed by atoms with Crippen LogP contribution in [0, 0.1) is 0 Å². The van der Waals surface area contributed by atoms with Crippen LogP contribution in [0.15, 0.2) is 12.8 Å². The largest absolute Gasteiger partial charge is 0.499 e. The summed E-state index contributed by atoms with van der Waals surface area (Å²) in [6.07, 6.45) is 14.8. The third kappa shape index (κ3) is 45.1. The van der Waals surface area contributed by atoms with Crippen molar-refractivity contribution in [3.63, 3.8) is 0 Å². The summed E-state index contributed by atoms with van der Waals surface area (Å²) in [4.78, 5) is 0. The van der Waals surface area contributed by atoms with E-state index in [0.717, 1.165) is 13.0 Å². The van der Waals surface area contributed by atoms with Crippen molar-refractivity contribution in [1.29, 1.82) is 0 Å². The molecule has 288 valence electrons. The number of ether oxygens (including phenoxy) is 12. The molecule has 0 radical (unpaired) electrons. The topological polar surface area (TPSA) is 111 Å². The van der Waals surface area contributed by atoms with E-state index in [4.69, 9.17) is 56.8 Å². The second-order valence-corrected chi connectivity index (χ2v) is 11.0. The Balaban J connectivity index is 3.04. The molecule has 0 aromatic rings. The molecular weight excluding hydrogens is 624 g/mol. The number of unbranched alkanes of at least 4 members (excludes halogenated alkanes) is 9. The molecule has 0 rings (SSSR count). The predicted molar refractivity (Wildman–Crippen MR) is 187 cm³/mol. The van der Waals surface area contributed by atoms with Gasteiger partial charge in [0.05, 0.1) is 145 Å². The van der Waals surface area contributed by atoms with Crippen LogP contribution in [0.25, 0.3) is 0 Å². The Morgan fingerprint density at radius 2 is 0.479 bits per heavy atom. The lowest BCUT2D eigenvalue weighted by Crippen LogP contribution is -2.15. The molecule has 0 N–H and O–H groups in total. The van der Waals surface area contributed by atoms with Crippen molar-refractivity contribution in [2.75, 3.05) is 152 Å². The highest BCUT2D eigenvalue weighted by molar-refractivity contribution is 4.48. The fraction of sp³-hybridized carbons (Fsp3) is 0.944. The van der Waals surface area contributed by atoms with Crippen molar-refractivity contribution in [3.05, 3.63) is 12.8 Å². The second-order valence-electron chi connectivity index (χ2n) is 11.0. The summed E-state index contributed by atoms with van der Waals surface area (Å²) >= 11 is 0. The molecule has 0 unspecified atom stereocenters. The normalized spacial score (nSPS) is 11.4. The summed E-state index contributed by atoms with van der Waals surface area (Å²) in [7, 11) is 0. The summed E-state index contributed by atoms with van der Waals surface area (Å²) < 4.78 is 65.3. The Morgan fingerprint density at radius 1 is 0.271 bits per heavy atom. The van der Waals surface area contributed by atoms with Crippen LogP contribution in [-0.2, 0) is 56.8 Å². The van der Waals surface area contributed by atoms with Crippen LogP contribution in [0.3, 0.4) is 0 Å². The molecule has 0 saturated carbocycles. The zero-order chi connectivity index (χ0) is 34.5. The van der Waals surface area contributed by atoms with E-state index in [1.807, 2.05) is 0 Å². The molecule has 0 saturated heterocycles. The zero-order valence-electron chi connectivity index (χ0n) is 30.5. The molecule has 0 heterocycles. The number of rotatable bonds is 45. The Kier molecular flexibility index (Phi) is 45.2. The Labute approximate surface area is 292 Å². The van der Waals surface area contributed by atoms with Crippen LogP contribution >= 0.6 is 0 Å². The highest BCUT2D eigenvalue weighted by Crippen LogP contribution is 2.10. The molecule has 12 nitrogen and oxygen atoms in total. The van der Waals surface area contributed by atoms with E-state index in [1.54, 1.807) is 0 Å². The molecule has 12 heteroatoms. The molecule has 0 bridgehead atoms. The van der Waals surface area contributed by atoms with E-state index >= 15 is 0 Å². The first kappa shape index (κ1) is 47.1. The predicted octanol–water partition coefficient (Wildman–Crippen LogP) is 5.25. The number of hydrogen-bond acceptors (Lipinski definition) is 12. The van der Waals surface area contributed by atoms with E-state index < -0.39 is 0 Å². The molecule has 0 aromatic heterocycles. The molecule has 0 spiro atoms. The van der Waals surface area contributed by atoms with Gasteiger partial charge in [-0.05, 0) is 6.42 Å². The van der Waals surface area contributed by atoms with E-state index in [2.05, 4.69) is 13.5 Å². The summed E-state index contributed by atoms with van der Waals surface area (Å²) in [5.74, 6) is 0. The van der Waals surface area contributed by atoms with Gasteiger partial charge in [-0.25, -0.2) is 0 Å². The van der Waals surface area contributed by atoms with Crippen molar-refractivity contribution < 1.29 is 56.8 Å². The van der Waals surface area contributed by atoms with Gasteiger partial charge < -0.3 is 56.8 Å². The summed E-state index contributed by atoms with van der Waals surface area (Å²) in [6.45, 7) is 18.4. The Bertz CT molecular complexity index is 573. The van der Waals surface area contributed by atoms with Crippen LogP contribution in [0.1, 0.15) is 71.1 Å².